The minimum atomic E-state index is -0.562. The molecule has 8 heteroatoms. The number of nitrogens with zero attached hydrogens (tertiary/aromatic N) is 2. The smallest absolute Gasteiger partial charge is 0.312 e. The molecule has 3 unspecified atom stereocenters. The van der Waals surface area contributed by atoms with Gasteiger partial charge in [-0.25, -0.2) is 0 Å². The van der Waals surface area contributed by atoms with Crippen molar-refractivity contribution in [2.45, 2.75) is 16.2 Å². The van der Waals surface area contributed by atoms with Gasteiger partial charge in [-0.1, -0.05) is 59.5 Å². The first-order chi connectivity index (χ1) is 15.0. The number of thiazole rings is 1. The van der Waals surface area contributed by atoms with Gasteiger partial charge in [-0.05, 0) is 23.8 Å². The predicted molar refractivity (Wildman–Crippen MR) is 121 cm³/mol. The molecular formula is C23H17N3O3S2. The largest absolute Gasteiger partial charge is 0.350 e. The van der Waals surface area contributed by atoms with Crippen LogP contribution in [0.4, 0.5) is 0 Å². The topological polar surface area (TPSA) is 73.1 Å². The van der Waals surface area contributed by atoms with E-state index in [-0.39, 0.29) is 22.6 Å². The van der Waals surface area contributed by atoms with Crippen molar-refractivity contribution in [2.75, 3.05) is 0 Å². The van der Waals surface area contributed by atoms with Crippen LogP contribution < -0.4 is 10.2 Å². The highest BCUT2D eigenvalue weighted by atomic mass is 32.2. The molecule has 1 N–H and O–H groups in total. The van der Waals surface area contributed by atoms with E-state index in [2.05, 4.69) is 5.32 Å². The minimum Gasteiger partial charge on any atom is -0.350 e. The number of para-hydroxylation sites is 2. The van der Waals surface area contributed by atoms with E-state index in [0.717, 1.165) is 32.1 Å². The molecule has 2 aliphatic heterocycles. The highest BCUT2D eigenvalue weighted by molar-refractivity contribution is 8.00. The first-order valence-electron chi connectivity index (χ1n) is 9.91. The van der Waals surface area contributed by atoms with E-state index in [1.165, 1.54) is 23.1 Å². The summed E-state index contributed by atoms with van der Waals surface area (Å²) in [5.74, 6) is -1.45. The molecule has 1 saturated heterocycles. The van der Waals surface area contributed by atoms with Crippen molar-refractivity contribution in [3.05, 3.63) is 80.9 Å². The fourth-order valence-corrected chi connectivity index (χ4v) is 7.50. The Labute approximate surface area is 185 Å². The van der Waals surface area contributed by atoms with Gasteiger partial charge in [-0.3, -0.25) is 24.3 Å². The SMILES string of the molecule is Cn1cc(C2c3sc(=O)n(-c4ccccc4)c3SC3C(=O)NC(=O)C32)c2ccccc21. The second kappa shape index (κ2) is 6.70. The Balaban J connectivity index is 1.65. The Hall–Kier alpha value is -3.10. The van der Waals surface area contributed by atoms with Crippen LogP contribution in [0.15, 0.2) is 70.6 Å². The highest BCUT2D eigenvalue weighted by Gasteiger charge is 2.53. The van der Waals surface area contributed by atoms with Crippen LogP contribution in [0.3, 0.4) is 0 Å². The van der Waals surface area contributed by atoms with Gasteiger partial charge in [0.2, 0.25) is 11.8 Å². The molecule has 2 aromatic carbocycles. The maximum absolute atomic E-state index is 13.1. The Morgan fingerprint density at radius 1 is 0.935 bits per heavy atom. The summed E-state index contributed by atoms with van der Waals surface area (Å²) in [6.07, 6.45) is 2.03. The number of benzene rings is 2. The second-order valence-corrected chi connectivity index (χ2v) is 9.94. The van der Waals surface area contributed by atoms with Crippen LogP contribution in [0.1, 0.15) is 16.4 Å². The minimum absolute atomic E-state index is 0.109. The van der Waals surface area contributed by atoms with E-state index in [1.807, 2.05) is 72.4 Å². The average molecular weight is 448 g/mol. The van der Waals surface area contributed by atoms with Gasteiger partial charge < -0.3 is 4.57 Å². The molecule has 2 amide bonds. The lowest BCUT2D eigenvalue weighted by molar-refractivity contribution is -0.125. The number of rotatable bonds is 2. The van der Waals surface area contributed by atoms with E-state index in [9.17, 15) is 14.4 Å². The molecule has 0 saturated carbocycles. The molecule has 0 bridgehead atoms. The molecule has 6 nitrogen and oxygen atoms in total. The lowest BCUT2D eigenvalue weighted by Crippen LogP contribution is -2.31. The fraction of sp³-hybridized carbons (Fsp3) is 0.174. The molecule has 0 aliphatic carbocycles. The summed E-state index contributed by atoms with van der Waals surface area (Å²) < 4.78 is 3.71. The lowest BCUT2D eigenvalue weighted by atomic mass is 9.83. The van der Waals surface area contributed by atoms with Crippen molar-refractivity contribution < 1.29 is 9.59 Å². The number of amides is 2. The standard InChI is InChI=1S/C23H17N3O3S2/c1-25-11-14(13-9-5-6-10-15(13)25)16-17-18(21(28)24-20(17)27)30-22-19(16)31-23(29)26(22)12-7-3-2-4-8-12/h2-11,16-18H,1H3,(H,24,27,28). The molecule has 4 aromatic rings. The van der Waals surface area contributed by atoms with Crippen LogP contribution in [0.25, 0.3) is 16.6 Å². The number of aryl methyl sites for hydroxylation is 1. The third-order valence-corrected chi connectivity index (χ3v) is 8.63. The predicted octanol–water partition coefficient (Wildman–Crippen LogP) is 3.27. The van der Waals surface area contributed by atoms with Crippen LogP contribution in [0.5, 0.6) is 0 Å². The third-order valence-electron chi connectivity index (χ3n) is 6.08. The third kappa shape index (κ3) is 2.61. The number of aromatic nitrogens is 2. The summed E-state index contributed by atoms with van der Waals surface area (Å²) >= 11 is 2.50. The number of imide groups is 1. The molecule has 154 valence electrons. The summed E-state index contributed by atoms with van der Waals surface area (Å²) in [5, 5.41) is 3.75. The lowest BCUT2D eigenvalue weighted by Gasteiger charge is -2.30. The molecule has 4 heterocycles. The Morgan fingerprint density at radius 3 is 2.48 bits per heavy atom. The monoisotopic (exact) mass is 447 g/mol. The second-order valence-electron chi connectivity index (χ2n) is 7.82. The highest BCUT2D eigenvalue weighted by Crippen LogP contribution is 2.53. The van der Waals surface area contributed by atoms with Crippen molar-refractivity contribution >= 4 is 45.8 Å². The summed E-state index contributed by atoms with van der Waals surface area (Å²) in [7, 11) is 1.97. The molecular weight excluding hydrogens is 430 g/mol. The van der Waals surface area contributed by atoms with E-state index >= 15 is 0 Å². The van der Waals surface area contributed by atoms with Crippen LogP contribution in [-0.2, 0) is 16.6 Å². The van der Waals surface area contributed by atoms with Gasteiger partial charge in [-0.2, -0.15) is 0 Å². The Kier molecular flexibility index (Phi) is 4.03. The summed E-state index contributed by atoms with van der Waals surface area (Å²) in [4.78, 5) is 39.4. The Morgan fingerprint density at radius 2 is 1.68 bits per heavy atom. The average Bonchev–Trinajstić information content (AvgIpc) is 3.38. The van der Waals surface area contributed by atoms with E-state index in [4.69, 9.17) is 0 Å². The zero-order valence-electron chi connectivity index (χ0n) is 16.4. The van der Waals surface area contributed by atoms with Gasteiger partial charge in [-0.15, -0.1) is 0 Å². The molecule has 2 aliphatic rings. The number of hydrogen-bond acceptors (Lipinski definition) is 5. The van der Waals surface area contributed by atoms with Crippen LogP contribution in [-0.4, -0.2) is 26.2 Å². The van der Waals surface area contributed by atoms with Gasteiger partial charge in [0.25, 0.3) is 0 Å². The van der Waals surface area contributed by atoms with Gasteiger partial charge in [0.1, 0.15) is 5.25 Å². The van der Waals surface area contributed by atoms with Gasteiger partial charge in [0, 0.05) is 34.9 Å². The normalized spacial score (nSPS) is 22.4. The fourth-order valence-electron chi connectivity index (χ4n) is 4.75. The first kappa shape index (κ1) is 18.7. The summed E-state index contributed by atoms with van der Waals surface area (Å²) in [5.41, 5.74) is 2.78. The molecule has 31 heavy (non-hydrogen) atoms. The number of hydrogen-bond donors (Lipinski definition) is 1. The van der Waals surface area contributed by atoms with Crippen molar-refractivity contribution in [2.24, 2.45) is 13.0 Å². The van der Waals surface area contributed by atoms with E-state index < -0.39 is 11.2 Å². The van der Waals surface area contributed by atoms with E-state index in [1.54, 1.807) is 4.57 Å². The number of fused-ring (bicyclic) bond motifs is 3. The number of nitrogens with one attached hydrogen (secondary N) is 1. The molecule has 0 spiro atoms. The number of carbonyl (C=O) groups excluding carboxylic acids is 2. The van der Waals surface area contributed by atoms with Crippen molar-refractivity contribution in [1.29, 1.82) is 0 Å². The van der Waals surface area contributed by atoms with Crippen LogP contribution >= 0.6 is 23.1 Å². The van der Waals surface area contributed by atoms with Crippen LogP contribution in [0.2, 0.25) is 0 Å². The zero-order chi connectivity index (χ0) is 21.3. The Bertz CT molecular complexity index is 1430. The zero-order valence-corrected chi connectivity index (χ0v) is 18.1. The quantitative estimate of drug-likeness (QED) is 0.479. The van der Waals surface area contributed by atoms with Crippen molar-refractivity contribution in [3.63, 3.8) is 0 Å². The molecule has 1 fully saturated rings. The van der Waals surface area contributed by atoms with Gasteiger partial charge in [0.15, 0.2) is 0 Å². The molecule has 2 aromatic heterocycles. The van der Waals surface area contributed by atoms with E-state index in [0.29, 0.717) is 0 Å². The van der Waals surface area contributed by atoms with Gasteiger partial charge in [0.05, 0.1) is 16.6 Å². The molecule has 3 atom stereocenters. The van der Waals surface area contributed by atoms with Crippen molar-refractivity contribution in [3.8, 4) is 5.69 Å². The number of carbonyl (C=O) groups is 2. The summed E-state index contributed by atoms with van der Waals surface area (Å²) in [6, 6.07) is 17.5. The first-order valence-corrected chi connectivity index (χ1v) is 11.6. The summed E-state index contributed by atoms with van der Waals surface area (Å²) in [6.45, 7) is 0. The maximum atomic E-state index is 13.1. The van der Waals surface area contributed by atoms with Crippen LogP contribution in [0, 0.1) is 5.92 Å². The molecule has 6 rings (SSSR count). The number of thioether (sulfide) groups is 1. The molecule has 0 radical (unpaired) electrons. The maximum Gasteiger partial charge on any atom is 0.312 e. The van der Waals surface area contributed by atoms with Gasteiger partial charge >= 0.3 is 4.87 Å². The van der Waals surface area contributed by atoms with Crippen molar-refractivity contribution in [1.82, 2.24) is 14.5 Å².